The smallest absolute Gasteiger partial charge is 0.408 e. The number of piperidine rings is 1. The number of nitrogens with one attached hydrogen (secondary N) is 5. The molecule has 2 aromatic heterocycles. The number of rotatable bonds is 14. The molecule has 1 aliphatic heterocycles. The summed E-state index contributed by atoms with van der Waals surface area (Å²) in [5.74, 6) is 5.20. The molecule has 2 unspecified atom stereocenters. The molecule has 14 heteroatoms. The van der Waals surface area contributed by atoms with Crippen molar-refractivity contribution in [2.75, 3.05) is 0 Å². The van der Waals surface area contributed by atoms with Crippen molar-refractivity contribution in [2.45, 2.75) is 154 Å². The van der Waals surface area contributed by atoms with Gasteiger partial charge in [-0.3, -0.25) is 9.59 Å². The molecule has 6 aliphatic carbocycles. The topological polar surface area (TPSA) is 183 Å². The van der Waals surface area contributed by atoms with Crippen molar-refractivity contribution in [2.24, 2.45) is 47.3 Å². The summed E-state index contributed by atoms with van der Waals surface area (Å²) in [5, 5.41) is 9.28. The van der Waals surface area contributed by atoms with E-state index in [0.717, 1.165) is 103 Å². The number of nitrogens with zero attached hydrogens (tertiary/aromatic N) is 3. The van der Waals surface area contributed by atoms with Gasteiger partial charge in [0.1, 0.15) is 34.9 Å². The Morgan fingerprint density at radius 1 is 0.618 bits per heavy atom. The van der Waals surface area contributed by atoms with E-state index in [9.17, 15) is 19.2 Å². The lowest BCUT2D eigenvalue weighted by molar-refractivity contribution is -0.137. The Morgan fingerprint density at radius 3 is 1.66 bits per heavy atom. The number of aromatic nitrogens is 4. The fourth-order valence-corrected chi connectivity index (χ4v) is 12.1. The van der Waals surface area contributed by atoms with Crippen molar-refractivity contribution >= 4 is 24.0 Å². The van der Waals surface area contributed by atoms with Crippen LogP contribution in [0, 0.1) is 47.3 Å². The lowest BCUT2D eigenvalue weighted by atomic mass is 9.93. The molecule has 14 nitrogen and oxygen atoms in total. The first kappa shape index (κ1) is 44.8. The Morgan fingerprint density at radius 2 is 1.12 bits per heavy atom. The van der Waals surface area contributed by atoms with Gasteiger partial charge >= 0.3 is 12.2 Å². The van der Waals surface area contributed by atoms with Crippen LogP contribution in [0.4, 0.5) is 9.59 Å². The SMILES string of the molecule is CC(C)(C)OC(=O)NC(C(=O)N[C@@H](CC1CC1)c1nc(-c2ccc(-c3ccc(-c4c[nH]c([C@@H]5C[C@H]6C[C@H]6N5C(=O)C(NC(=O)OC(C)(C)C)[C@H]5C[C@@H]6C[C@@H]6C5)n4)cc3)cc2)c[nH]1)[C@H]1C[C@@H]2C[C@@H]2C1. The average Bonchev–Trinajstić information content (AvgIpc) is 4.27. The van der Waals surface area contributed by atoms with Crippen LogP contribution in [-0.2, 0) is 19.1 Å². The minimum atomic E-state index is -0.660. The van der Waals surface area contributed by atoms with Crippen molar-refractivity contribution in [3.8, 4) is 33.6 Å². The number of imidazole rings is 2. The van der Waals surface area contributed by atoms with E-state index in [1.54, 1.807) is 0 Å². The first-order chi connectivity index (χ1) is 32.5. The fraction of sp³-hybridized carbons (Fsp3) is 0.593. The lowest BCUT2D eigenvalue weighted by Crippen LogP contribution is -2.53. The van der Waals surface area contributed by atoms with Gasteiger partial charge in [0.05, 0.1) is 23.5 Å². The molecule has 68 heavy (non-hydrogen) atoms. The Kier molecular flexibility index (Phi) is 11.3. The van der Waals surface area contributed by atoms with Gasteiger partial charge in [0.15, 0.2) is 0 Å². The quantitative estimate of drug-likeness (QED) is 0.0828. The van der Waals surface area contributed by atoms with Gasteiger partial charge in [0.2, 0.25) is 11.8 Å². The summed E-state index contributed by atoms with van der Waals surface area (Å²) in [6.07, 6.45) is 14.0. The van der Waals surface area contributed by atoms with Gasteiger partial charge in [-0.25, -0.2) is 19.6 Å². The number of fused-ring (bicyclic) bond motifs is 3. The standard InChI is InChI=1S/C54H68N8O6/c1-53(2,3)67-51(65)60-45(38-20-33-18-34(33)21-38)49(63)59-40(17-28-7-8-28)47-55-26-41(57-47)31-13-9-29(10-14-31)30-11-15-32(16-12-30)42-27-56-48(58-42)44-25-37-24-43(37)62(44)50(64)46(39-22-35-19-36(35)23-39)61-52(66)68-54(4,5)6/h9-16,26-28,33-40,43-46H,7-8,17-25H2,1-6H3,(H,55,57)(H,56,58)(H,59,63)(H,60,65)(H,61,66)/t33-,34+,35-,36+,37-,38-,39-,40+,43-,44+,45?,46?/m1/s1. The van der Waals surface area contributed by atoms with Gasteiger partial charge in [0.25, 0.3) is 0 Å². The summed E-state index contributed by atoms with van der Waals surface area (Å²) in [5.41, 5.74) is 4.40. The largest absolute Gasteiger partial charge is 0.444 e. The molecule has 1 saturated heterocycles. The molecule has 0 spiro atoms. The van der Waals surface area contributed by atoms with Crippen LogP contribution in [0.1, 0.15) is 136 Å². The minimum absolute atomic E-state index is 0.00519. The summed E-state index contributed by atoms with van der Waals surface area (Å²) in [4.78, 5) is 73.5. The van der Waals surface area contributed by atoms with Crippen molar-refractivity contribution in [3.05, 3.63) is 72.6 Å². The second kappa shape index (κ2) is 17.1. The van der Waals surface area contributed by atoms with Crippen LogP contribution in [0.3, 0.4) is 0 Å². The number of likely N-dealkylation sites (tertiary alicyclic amines) is 1. The molecular weight excluding hydrogens is 857 g/mol. The number of hydrogen-bond acceptors (Lipinski definition) is 8. The summed E-state index contributed by atoms with van der Waals surface area (Å²) in [6, 6.07) is 15.2. The van der Waals surface area contributed by atoms with Gasteiger partial charge in [-0.2, -0.15) is 0 Å². The van der Waals surface area contributed by atoms with Crippen molar-refractivity contribution in [1.82, 2.24) is 40.8 Å². The molecule has 7 fully saturated rings. The van der Waals surface area contributed by atoms with Crippen molar-refractivity contribution < 1.29 is 28.7 Å². The molecule has 6 saturated carbocycles. The predicted octanol–water partition coefficient (Wildman–Crippen LogP) is 9.63. The molecule has 2 aromatic carbocycles. The van der Waals surface area contributed by atoms with E-state index < -0.39 is 35.5 Å². The van der Waals surface area contributed by atoms with E-state index in [1.165, 1.54) is 12.8 Å². The lowest BCUT2D eigenvalue weighted by Gasteiger charge is -2.34. The van der Waals surface area contributed by atoms with E-state index >= 15 is 0 Å². The van der Waals surface area contributed by atoms with Crippen LogP contribution in [0.2, 0.25) is 0 Å². The van der Waals surface area contributed by atoms with Crippen LogP contribution in [-0.4, -0.2) is 78.2 Å². The number of benzene rings is 2. The summed E-state index contributed by atoms with van der Waals surface area (Å²) < 4.78 is 11.2. The Balaban J connectivity index is 0.743. The summed E-state index contributed by atoms with van der Waals surface area (Å²) >= 11 is 0. The van der Waals surface area contributed by atoms with E-state index in [-0.39, 0.29) is 41.8 Å². The third-order valence-electron chi connectivity index (χ3n) is 15.9. The molecule has 7 aliphatic rings. The highest BCUT2D eigenvalue weighted by Gasteiger charge is 2.58. The van der Waals surface area contributed by atoms with Crippen LogP contribution in [0.25, 0.3) is 33.6 Å². The van der Waals surface area contributed by atoms with Gasteiger partial charge < -0.3 is 40.3 Å². The molecule has 0 bridgehead atoms. The fourth-order valence-electron chi connectivity index (χ4n) is 12.1. The number of carbonyl (C=O) groups excluding carboxylic acids is 4. The highest BCUT2D eigenvalue weighted by Crippen LogP contribution is 2.58. The number of H-pyrrole nitrogens is 2. The zero-order chi connectivity index (χ0) is 47.2. The molecule has 360 valence electrons. The molecular formula is C54H68N8O6. The third-order valence-corrected chi connectivity index (χ3v) is 15.9. The van der Waals surface area contributed by atoms with E-state index in [0.29, 0.717) is 35.5 Å². The Hall–Kier alpha value is -5.66. The first-order valence-corrected chi connectivity index (χ1v) is 25.4. The Bertz CT molecular complexity index is 2530. The highest BCUT2D eigenvalue weighted by molar-refractivity contribution is 5.88. The van der Waals surface area contributed by atoms with E-state index in [2.05, 4.69) is 74.4 Å². The number of amides is 4. The average molecular weight is 925 g/mol. The van der Waals surface area contributed by atoms with Gasteiger partial charge in [-0.05, 0) is 158 Å². The zero-order valence-corrected chi connectivity index (χ0v) is 40.3. The molecule has 11 rings (SSSR count). The molecule has 0 radical (unpaired) electrons. The maximum Gasteiger partial charge on any atom is 0.408 e. The minimum Gasteiger partial charge on any atom is -0.444 e. The van der Waals surface area contributed by atoms with Crippen LogP contribution < -0.4 is 16.0 Å². The van der Waals surface area contributed by atoms with Crippen LogP contribution in [0.15, 0.2) is 60.9 Å². The molecule has 4 amide bonds. The monoisotopic (exact) mass is 925 g/mol. The molecule has 3 heterocycles. The molecule has 12 atom stereocenters. The second-order valence-corrected chi connectivity index (χ2v) is 23.5. The van der Waals surface area contributed by atoms with Crippen molar-refractivity contribution in [3.63, 3.8) is 0 Å². The number of carbonyl (C=O) groups is 4. The predicted molar refractivity (Wildman–Crippen MR) is 256 cm³/mol. The first-order valence-electron chi connectivity index (χ1n) is 25.4. The van der Waals surface area contributed by atoms with Crippen LogP contribution >= 0.6 is 0 Å². The number of ether oxygens (including phenoxy) is 2. The maximum atomic E-state index is 14.5. The van der Waals surface area contributed by atoms with Crippen LogP contribution in [0.5, 0.6) is 0 Å². The van der Waals surface area contributed by atoms with Crippen molar-refractivity contribution in [1.29, 1.82) is 0 Å². The zero-order valence-electron chi connectivity index (χ0n) is 40.3. The highest BCUT2D eigenvalue weighted by atomic mass is 16.6. The number of alkyl carbamates (subject to hydrolysis) is 2. The van der Waals surface area contributed by atoms with E-state index in [4.69, 9.17) is 19.4 Å². The second-order valence-electron chi connectivity index (χ2n) is 23.5. The maximum absolute atomic E-state index is 14.5. The molecule has 4 aromatic rings. The Labute approximate surface area is 399 Å². The summed E-state index contributed by atoms with van der Waals surface area (Å²) in [6.45, 7) is 11.0. The third kappa shape index (κ3) is 9.79. The van der Waals surface area contributed by atoms with E-state index in [1.807, 2.05) is 58.8 Å². The normalized spacial score (nSPS) is 28.9. The number of aromatic amines is 2. The molecule has 5 N–H and O–H groups in total. The number of hydrogen-bond donors (Lipinski definition) is 5. The van der Waals surface area contributed by atoms with Gasteiger partial charge in [-0.1, -0.05) is 61.4 Å². The summed E-state index contributed by atoms with van der Waals surface area (Å²) in [7, 11) is 0. The van der Waals surface area contributed by atoms with Gasteiger partial charge in [0, 0.05) is 29.6 Å². The van der Waals surface area contributed by atoms with Gasteiger partial charge in [-0.15, -0.1) is 0 Å².